The standard InChI is InChI=1S/C38H50O6/c1-22(2)11-13-27(25(7)8)20-37-21-28(15-12-23(3)4)36(9,10)38(35(37)44,18-17-24(5)6)34(43)31(33(37)42)32(41)26-14-16-29(39)30(40)19-26/h11-12,14,16-17,19,27-28,39-41H,7,13,15,18,20-21H2,1-6,8-10H3/b32-31-/t27-,28+,37-,38-/m0/s1. The minimum absolute atomic E-state index is 0.0110. The highest BCUT2D eigenvalue weighted by molar-refractivity contribution is 6.41. The number of aromatic hydroxyl groups is 2. The maximum Gasteiger partial charge on any atom is 0.184 e. The highest BCUT2D eigenvalue weighted by atomic mass is 16.3. The fourth-order valence-corrected chi connectivity index (χ4v) is 7.08. The van der Waals surface area contributed by atoms with Gasteiger partial charge in [-0.2, -0.15) is 0 Å². The zero-order valence-corrected chi connectivity index (χ0v) is 27.9. The molecule has 1 aromatic carbocycles. The highest BCUT2D eigenvalue weighted by Crippen LogP contribution is 2.66. The van der Waals surface area contributed by atoms with Gasteiger partial charge >= 0.3 is 0 Å². The van der Waals surface area contributed by atoms with Crippen LogP contribution in [-0.4, -0.2) is 32.7 Å². The number of benzene rings is 1. The van der Waals surface area contributed by atoms with Crippen LogP contribution in [0, 0.1) is 28.1 Å². The molecule has 6 nitrogen and oxygen atoms in total. The first-order chi connectivity index (χ1) is 20.3. The van der Waals surface area contributed by atoms with E-state index in [-0.39, 0.29) is 42.4 Å². The van der Waals surface area contributed by atoms with Gasteiger partial charge in [0.15, 0.2) is 28.8 Å². The van der Waals surface area contributed by atoms with Gasteiger partial charge in [0.25, 0.3) is 0 Å². The van der Waals surface area contributed by atoms with Crippen LogP contribution >= 0.6 is 0 Å². The van der Waals surface area contributed by atoms with Crippen molar-refractivity contribution in [3.05, 3.63) is 76.4 Å². The number of ketones is 3. The lowest BCUT2D eigenvalue weighted by Crippen LogP contribution is -2.69. The number of hydrogen-bond acceptors (Lipinski definition) is 6. The van der Waals surface area contributed by atoms with Gasteiger partial charge in [0.1, 0.15) is 16.7 Å². The lowest BCUT2D eigenvalue weighted by Gasteiger charge is -2.60. The van der Waals surface area contributed by atoms with Crippen molar-refractivity contribution < 1.29 is 29.7 Å². The normalized spacial score (nSPS) is 26.0. The molecule has 6 heteroatoms. The molecule has 2 aliphatic carbocycles. The maximum absolute atomic E-state index is 15.2. The van der Waals surface area contributed by atoms with Gasteiger partial charge in [-0.05, 0) is 116 Å². The quantitative estimate of drug-likeness (QED) is 0.0616. The number of carbonyl (C=O) groups excluding carboxylic acids is 3. The van der Waals surface area contributed by atoms with Crippen molar-refractivity contribution in [2.75, 3.05) is 0 Å². The Morgan fingerprint density at radius 3 is 2.02 bits per heavy atom. The number of Topliss-reactive ketones (excluding diaryl/α,β-unsaturated/α-hetero) is 3. The van der Waals surface area contributed by atoms with Gasteiger partial charge in [0.05, 0.1) is 5.41 Å². The summed E-state index contributed by atoms with van der Waals surface area (Å²) in [7, 11) is 0. The van der Waals surface area contributed by atoms with Crippen molar-refractivity contribution in [1.82, 2.24) is 0 Å². The summed E-state index contributed by atoms with van der Waals surface area (Å²) in [6.07, 6.45) is 7.79. The van der Waals surface area contributed by atoms with Crippen LogP contribution in [0.5, 0.6) is 11.5 Å². The number of rotatable bonds is 10. The fourth-order valence-electron chi connectivity index (χ4n) is 7.08. The van der Waals surface area contributed by atoms with E-state index in [2.05, 4.69) is 18.7 Å². The molecule has 0 amide bonds. The van der Waals surface area contributed by atoms with Crippen LogP contribution < -0.4 is 0 Å². The third kappa shape index (κ3) is 6.00. The van der Waals surface area contributed by atoms with E-state index in [1.165, 1.54) is 12.1 Å². The van der Waals surface area contributed by atoms with Crippen molar-refractivity contribution in [3.63, 3.8) is 0 Å². The smallest absolute Gasteiger partial charge is 0.184 e. The molecule has 2 fully saturated rings. The van der Waals surface area contributed by atoms with Crippen LogP contribution in [0.25, 0.3) is 5.76 Å². The van der Waals surface area contributed by atoms with E-state index in [0.717, 1.165) is 28.4 Å². The molecule has 0 radical (unpaired) electrons. The highest BCUT2D eigenvalue weighted by Gasteiger charge is 2.74. The van der Waals surface area contributed by atoms with Gasteiger partial charge in [-0.1, -0.05) is 60.9 Å². The average molecular weight is 603 g/mol. The number of phenols is 2. The molecule has 0 aliphatic heterocycles. The Morgan fingerprint density at radius 2 is 1.50 bits per heavy atom. The van der Waals surface area contributed by atoms with Crippen LogP contribution in [0.2, 0.25) is 0 Å². The van der Waals surface area contributed by atoms with Gasteiger partial charge in [-0.15, -0.1) is 0 Å². The van der Waals surface area contributed by atoms with E-state index in [9.17, 15) is 24.9 Å². The van der Waals surface area contributed by atoms with Crippen molar-refractivity contribution in [1.29, 1.82) is 0 Å². The van der Waals surface area contributed by atoms with Crippen LogP contribution in [0.1, 0.15) is 100.0 Å². The molecular formula is C38H50O6. The van der Waals surface area contributed by atoms with Crippen molar-refractivity contribution in [2.24, 2.45) is 28.1 Å². The Bertz CT molecular complexity index is 1490. The molecule has 2 aliphatic rings. The predicted molar refractivity (Wildman–Crippen MR) is 176 cm³/mol. The molecule has 3 N–H and O–H groups in total. The Morgan fingerprint density at radius 1 is 0.909 bits per heavy atom. The van der Waals surface area contributed by atoms with Gasteiger partial charge < -0.3 is 15.3 Å². The van der Waals surface area contributed by atoms with Gasteiger partial charge in [0.2, 0.25) is 0 Å². The Balaban J connectivity index is 2.47. The number of allylic oxidation sites excluding steroid dienone is 8. The second-order valence-electron chi connectivity index (χ2n) is 14.3. The van der Waals surface area contributed by atoms with E-state index in [1.54, 1.807) is 0 Å². The zero-order chi connectivity index (χ0) is 33.4. The number of phenolic OH excluding ortho intramolecular Hbond substituents is 2. The molecule has 0 heterocycles. The lowest BCUT2D eigenvalue weighted by molar-refractivity contribution is -0.177. The molecule has 2 saturated carbocycles. The summed E-state index contributed by atoms with van der Waals surface area (Å²) in [5.74, 6) is -3.61. The molecule has 0 unspecified atom stereocenters. The molecule has 0 saturated heterocycles. The van der Waals surface area contributed by atoms with Gasteiger partial charge in [0, 0.05) is 5.56 Å². The van der Waals surface area contributed by atoms with Crippen molar-refractivity contribution in [3.8, 4) is 11.5 Å². The first-order valence-electron chi connectivity index (χ1n) is 15.5. The molecule has 3 rings (SSSR count). The van der Waals surface area contributed by atoms with Crippen molar-refractivity contribution in [2.45, 2.75) is 94.4 Å². The van der Waals surface area contributed by atoms with E-state index < -0.39 is 50.6 Å². The largest absolute Gasteiger partial charge is 0.506 e. The van der Waals surface area contributed by atoms with E-state index >= 15 is 4.79 Å². The first-order valence-corrected chi connectivity index (χ1v) is 15.5. The maximum atomic E-state index is 15.2. The van der Waals surface area contributed by atoms with E-state index in [4.69, 9.17) is 0 Å². The summed E-state index contributed by atoms with van der Waals surface area (Å²) in [6, 6.07) is 3.65. The number of aliphatic hydroxyl groups excluding tert-OH is 1. The third-order valence-corrected chi connectivity index (χ3v) is 10.0. The average Bonchev–Trinajstić information content (AvgIpc) is 2.91. The number of fused-ring (bicyclic) bond motifs is 2. The van der Waals surface area contributed by atoms with E-state index in [1.807, 2.05) is 68.4 Å². The summed E-state index contributed by atoms with van der Waals surface area (Å²) >= 11 is 0. The molecule has 0 spiro atoms. The Kier molecular flexibility index (Phi) is 10.1. The topological polar surface area (TPSA) is 112 Å². The van der Waals surface area contributed by atoms with Gasteiger partial charge in [-0.25, -0.2) is 0 Å². The molecule has 1 aromatic rings. The van der Waals surface area contributed by atoms with Crippen LogP contribution in [0.4, 0.5) is 0 Å². The first kappa shape index (κ1) is 34.8. The number of aliphatic hydroxyl groups is 1. The lowest BCUT2D eigenvalue weighted by atomic mass is 9.38. The van der Waals surface area contributed by atoms with Crippen molar-refractivity contribution >= 4 is 23.1 Å². The summed E-state index contributed by atoms with van der Waals surface area (Å²) < 4.78 is 0. The van der Waals surface area contributed by atoms with Crippen LogP contribution in [0.15, 0.2) is 70.9 Å². The Hall–Kier alpha value is -3.67. The summed E-state index contributed by atoms with van der Waals surface area (Å²) in [5.41, 5.74) is -0.453. The minimum atomic E-state index is -1.62. The third-order valence-electron chi connectivity index (χ3n) is 10.0. The number of carbonyl (C=O) groups is 3. The second-order valence-corrected chi connectivity index (χ2v) is 14.3. The fraction of sp³-hybridized carbons (Fsp3) is 0.500. The monoisotopic (exact) mass is 602 g/mol. The Labute approximate surface area is 263 Å². The molecule has 238 valence electrons. The number of hydrogen-bond donors (Lipinski definition) is 3. The molecule has 2 bridgehead atoms. The van der Waals surface area contributed by atoms with E-state index in [0.29, 0.717) is 12.8 Å². The molecule has 4 atom stereocenters. The predicted octanol–water partition coefficient (Wildman–Crippen LogP) is 8.76. The molecular weight excluding hydrogens is 552 g/mol. The molecule has 0 aromatic heterocycles. The second kappa shape index (κ2) is 12.7. The summed E-state index contributed by atoms with van der Waals surface area (Å²) in [4.78, 5) is 44.9. The SMILES string of the molecule is C=C(C)[C@@H](CC=C(C)C)C[C@]12C[C@@H](CC=C(C)C)C(C)(C)[C@@](CC=C(C)C)(C(=O)/C(=C(\O)c3ccc(O)c(O)c3)C1=O)C2=O. The van der Waals surface area contributed by atoms with Crippen LogP contribution in [-0.2, 0) is 14.4 Å². The summed E-state index contributed by atoms with van der Waals surface area (Å²) in [6.45, 7) is 21.9. The van der Waals surface area contributed by atoms with Crippen LogP contribution in [0.3, 0.4) is 0 Å². The minimum Gasteiger partial charge on any atom is -0.506 e. The molecule has 44 heavy (non-hydrogen) atoms. The zero-order valence-electron chi connectivity index (χ0n) is 27.9. The summed E-state index contributed by atoms with van der Waals surface area (Å²) in [5, 5.41) is 31.7. The van der Waals surface area contributed by atoms with Gasteiger partial charge in [-0.3, -0.25) is 14.4 Å².